The van der Waals surface area contributed by atoms with E-state index in [1.807, 2.05) is 36.4 Å². The summed E-state index contributed by atoms with van der Waals surface area (Å²) >= 11 is 0. The molecule has 1 aromatic carbocycles. The van der Waals surface area contributed by atoms with Crippen LogP contribution in [0.25, 0.3) is 0 Å². The van der Waals surface area contributed by atoms with Crippen LogP contribution in [0.2, 0.25) is 0 Å². The van der Waals surface area contributed by atoms with Crippen LogP contribution in [-0.4, -0.2) is 63.5 Å². The van der Waals surface area contributed by atoms with Crippen LogP contribution in [0.15, 0.2) is 48.8 Å². The van der Waals surface area contributed by atoms with Gasteiger partial charge in [-0.25, -0.2) is 0 Å². The SMILES string of the molecule is CC(=O)N1CC(=O)N2[C@H](C1)[C@@H](c1ccc(C#Cc3cccnc3)cc1)[C@@H]2CO. The van der Waals surface area contributed by atoms with Gasteiger partial charge >= 0.3 is 0 Å². The summed E-state index contributed by atoms with van der Waals surface area (Å²) in [6, 6.07) is 11.3. The third kappa shape index (κ3) is 3.25. The number of benzene rings is 1. The molecule has 0 saturated carbocycles. The van der Waals surface area contributed by atoms with Crippen LogP contribution in [0.3, 0.4) is 0 Å². The molecule has 2 amide bonds. The predicted molar refractivity (Wildman–Crippen MR) is 103 cm³/mol. The smallest absolute Gasteiger partial charge is 0.242 e. The summed E-state index contributed by atoms with van der Waals surface area (Å²) in [7, 11) is 0. The van der Waals surface area contributed by atoms with Gasteiger partial charge in [0, 0.05) is 42.9 Å². The lowest BCUT2D eigenvalue weighted by Gasteiger charge is -2.58. The number of fused-ring (bicyclic) bond motifs is 1. The highest BCUT2D eigenvalue weighted by Crippen LogP contribution is 2.42. The Labute approximate surface area is 163 Å². The van der Waals surface area contributed by atoms with Crippen LogP contribution in [-0.2, 0) is 9.59 Å². The van der Waals surface area contributed by atoms with Gasteiger partial charge in [0.05, 0.1) is 25.2 Å². The Morgan fingerprint density at radius 2 is 1.96 bits per heavy atom. The van der Waals surface area contributed by atoms with E-state index in [4.69, 9.17) is 0 Å². The number of amides is 2. The summed E-state index contributed by atoms with van der Waals surface area (Å²) in [5.74, 6) is 6.01. The highest BCUT2D eigenvalue weighted by atomic mass is 16.3. The molecule has 28 heavy (non-hydrogen) atoms. The second kappa shape index (κ2) is 7.45. The molecule has 6 nitrogen and oxygen atoms in total. The van der Waals surface area contributed by atoms with E-state index in [0.717, 1.165) is 16.7 Å². The number of piperazine rings is 1. The molecule has 0 unspecified atom stereocenters. The van der Waals surface area contributed by atoms with Crippen LogP contribution in [0.5, 0.6) is 0 Å². The van der Waals surface area contributed by atoms with Gasteiger partial charge in [0.25, 0.3) is 0 Å². The number of aliphatic hydroxyl groups is 1. The van der Waals surface area contributed by atoms with Crippen molar-refractivity contribution in [1.29, 1.82) is 0 Å². The van der Waals surface area contributed by atoms with E-state index in [1.54, 1.807) is 22.2 Å². The highest BCUT2D eigenvalue weighted by molar-refractivity contribution is 5.87. The molecular weight excluding hydrogens is 354 g/mol. The maximum atomic E-state index is 12.4. The zero-order valence-electron chi connectivity index (χ0n) is 15.6. The number of carbonyl (C=O) groups excluding carboxylic acids is 2. The lowest BCUT2D eigenvalue weighted by atomic mass is 9.73. The van der Waals surface area contributed by atoms with Gasteiger partial charge in [-0.2, -0.15) is 0 Å². The summed E-state index contributed by atoms with van der Waals surface area (Å²) in [6.45, 7) is 1.99. The average Bonchev–Trinajstić information content (AvgIpc) is 2.69. The number of carbonyl (C=O) groups is 2. The summed E-state index contributed by atoms with van der Waals surface area (Å²) in [4.78, 5) is 31.5. The lowest BCUT2D eigenvalue weighted by molar-refractivity contribution is -0.166. The van der Waals surface area contributed by atoms with Gasteiger partial charge in [-0.3, -0.25) is 14.6 Å². The Hall–Kier alpha value is -3.17. The van der Waals surface area contributed by atoms with E-state index >= 15 is 0 Å². The Bertz CT molecular complexity index is 946. The second-order valence-electron chi connectivity index (χ2n) is 7.16. The normalized spacial score (nSPS) is 23.4. The van der Waals surface area contributed by atoms with E-state index in [2.05, 4.69) is 16.8 Å². The van der Waals surface area contributed by atoms with Crippen molar-refractivity contribution >= 4 is 11.8 Å². The van der Waals surface area contributed by atoms with Crippen molar-refractivity contribution in [2.24, 2.45) is 0 Å². The largest absolute Gasteiger partial charge is 0.394 e. The first-order valence-electron chi connectivity index (χ1n) is 9.28. The molecule has 0 radical (unpaired) electrons. The van der Waals surface area contributed by atoms with Gasteiger partial charge < -0.3 is 14.9 Å². The minimum atomic E-state index is -0.237. The molecule has 0 spiro atoms. The first-order valence-corrected chi connectivity index (χ1v) is 9.28. The van der Waals surface area contributed by atoms with Crippen LogP contribution < -0.4 is 0 Å². The maximum Gasteiger partial charge on any atom is 0.242 e. The molecule has 142 valence electrons. The molecule has 2 aliphatic rings. The number of hydrogen-bond donors (Lipinski definition) is 1. The van der Waals surface area contributed by atoms with Crippen LogP contribution >= 0.6 is 0 Å². The number of rotatable bonds is 2. The maximum absolute atomic E-state index is 12.4. The Balaban J connectivity index is 1.54. The standard InChI is InChI=1S/C22H21N3O3/c1-15(27)24-12-19-22(20(14-26)25(19)21(28)13-24)18-8-6-16(7-9-18)4-5-17-3-2-10-23-11-17/h2-3,6-11,19-20,22,26H,12-14H2,1H3/t19-,20+,22-/m1/s1. The number of nitrogens with zero attached hydrogens (tertiary/aromatic N) is 3. The molecule has 0 aliphatic carbocycles. The van der Waals surface area contributed by atoms with Crippen molar-refractivity contribution in [3.8, 4) is 11.8 Å². The predicted octanol–water partition coefficient (Wildman–Crippen LogP) is 0.999. The topological polar surface area (TPSA) is 73.7 Å². The third-order valence-electron chi connectivity index (χ3n) is 5.51. The quantitative estimate of drug-likeness (QED) is 0.795. The fraction of sp³-hybridized carbons (Fsp3) is 0.318. The molecule has 2 aromatic rings. The van der Waals surface area contributed by atoms with Crippen LogP contribution in [0, 0.1) is 11.8 Å². The number of pyridine rings is 1. The zero-order chi connectivity index (χ0) is 19.7. The molecule has 6 heteroatoms. The van der Waals surface area contributed by atoms with E-state index in [-0.39, 0.29) is 43.0 Å². The second-order valence-corrected chi connectivity index (χ2v) is 7.16. The van der Waals surface area contributed by atoms with Crippen molar-refractivity contribution in [1.82, 2.24) is 14.8 Å². The monoisotopic (exact) mass is 375 g/mol. The first-order chi connectivity index (χ1) is 13.6. The minimum absolute atomic E-state index is 0.0106. The van der Waals surface area contributed by atoms with Gasteiger partial charge in [-0.1, -0.05) is 24.0 Å². The highest BCUT2D eigenvalue weighted by Gasteiger charge is 2.54. The number of hydrogen-bond acceptors (Lipinski definition) is 4. The zero-order valence-corrected chi connectivity index (χ0v) is 15.6. The van der Waals surface area contributed by atoms with Crippen molar-refractivity contribution in [2.75, 3.05) is 19.7 Å². The van der Waals surface area contributed by atoms with E-state index < -0.39 is 0 Å². The van der Waals surface area contributed by atoms with Gasteiger partial charge in [-0.15, -0.1) is 0 Å². The molecular formula is C22H21N3O3. The molecule has 1 aromatic heterocycles. The van der Waals surface area contributed by atoms with Crippen LogP contribution in [0.4, 0.5) is 0 Å². The molecule has 3 heterocycles. The van der Waals surface area contributed by atoms with E-state index in [1.165, 1.54) is 6.92 Å². The van der Waals surface area contributed by atoms with Crippen LogP contribution in [0.1, 0.15) is 29.5 Å². The van der Waals surface area contributed by atoms with E-state index in [0.29, 0.717) is 6.54 Å². The van der Waals surface area contributed by atoms with E-state index in [9.17, 15) is 14.7 Å². The van der Waals surface area contributed by atoms with Crippen molar-refractivity contribution in [3.05, 3.63) is 65.5 Å². The molecule has 1 N–H and O–H groups in total. The summed E-state index contributed by atoms with van der Waals surface area (Å²) in [6.07, 6.45) is 3.43. The van der Waals surface area contributed by atoms with Gasteiger partial charge in [0.1, 0.15) is 0 Å². The fourth-order valence-corrected chi connectivity index (χ4v) is 4.11. The first kappa shape index (κ1) is 18.2. The van der Waals surface area contributed by atoms with Gasteiger partial charge in [0.15, 0.2) is 0 Å². The van der Waals surface area contributed by atoms with Gasteiger partial charge in [-0.05, 0) is 29.8 Å². The molecule has 2 saturated heterocycles. The Morgan fingerprint density at radius 3 is 2.61 bits per heavy atom. The summed E-state index contributed by atoms with van der Waals surface area (Å²) < 4.78 is 0. The Morgan fingerprint density at radius 1 is 1.21 bits per heavy atom. The number of aliphatic hydroxyl groups excluding tert-OH is 1. The van der Waals surface area contributed by atoms with Gasteiger partial charge in [0.2, 0.25) is 11.8 Å². The number of aromatic nitrogens is 1. The molecule has 0 bridgehead atoms. The third-order valence-corrected chi connectivity index (χ3v) is 5.51. The lowest BCUT2D eigenvalue weighted by Crippen LogP contribution is -2.73. The van der Waals surface area contributed by atoms with Crippen molar-refractivity contribution in [2.45, 2.75) is 24.9 Å². The molecule has 4 rings (SSSR count). The Kier molecular flexibility index (Phi) is 4.84. The van der Waals surface area contributed by atoms with Crippen molar-refractivity contribution < 1.29 is 14.7 Å². The molecule has 2 fully saturated rings. The van der Waals surface area contributed by atoms with Crippen molar-refractivity contribution in [3.63, 3.8) is 0 Å². The fourth-order valence-electron chi connectivity index (χ4n) is 4.11. The summed E-state index contributed by atoms with van der Waals surface area (Å²) in [5, 5.41) is 9.81. The summed E-state index contributed by atoms with van der Waals surface area (Å²) in [5.41, 5.74) is 2.78. The molecule has 2 aliphatic heterocycles. The minimum Gasteiger partial charge on any atom is -0.394 e. The molecule has 3 atom stereocenters. The average molecular weight is 375 g/mol.